The number of methoxy groups -OCH3 is 1. The Morgan fingerprint density at radius 3 is 2.76 bits per heavy atom. The number of rotatable bonds is 4. The van der Waals surface area contributed by atoms with Gasteiger partial charge in [0.05, 0.1) is 19.5 Å². The van der Waals surface area contributed by atoms with Gasteiger partial charge in [-0.05, 0) is 24.0 Å². The van der Waals surface area contributed by atoms with E-state index in [0.717, 1.165) is 18.1 Å². The molecular weight excluding hydrogens is 378 g/mol. The number of amides is 2. The molecule has 1 aliphatic heterocycles. The van der Waals surface area contributed by atoms with Crippen molar-refractivity contribution < 1.29 is 18.3 Å². The van der Waals surface area contributed by atoms with E-state index in [1.807, 2.05) is 19.1 Å². The molecule has 2 amide bonds. The maximum Gasteiger partial charge on any atom is 0.323 e. The number of nitrogens with one attached hydrogen (secondary N) is 1. The molecular formula is C21H24F2N4O2. The summed E-state index contributed by atoms with van der Waals surface area (Å²) in [6.07, 6.45) is 5.49. The van der Waals surface area contributed by atoms with Crippen LogP contribution in [-0.2, 0) is 5.92 Å². The Balaban J connectivity index is 1.64. The lowest BCUT2D eigenvalue weighted by Gasteiger charge is -2.33. The van der Waals surface area contributed by atoms with E-state index in [2.05, 4.69) is 15.3 Å². The van der Waals surface area contributed by atoms with E-state index in [1.54, 1.807) is 11.0 Å². The van der Waals surface area contributed by atoms with Crippen molar-refractivity contribution in [1.82, 2.24) is 14.9 Å². The SMILES string of the molecule is COc1cnc(NC(=O)N2CC/C(=C\c3cccc(C(C)(F)F)c3)C(C)C2)cn1. The highest BCUT2D eigenvalue weighted by molar-refractivity contribution is 5.88. The molecule has 2 heterocycles. The van der Waals surface area contributed by atoms with Crippen LogP contribution in [0.4, 0.5) is 19.4 Å². The van der Waals surface area contributed by atoms with Crippen LogP contribution >= 0.6 is 0 Å². The van der Waals surface area contributed by atoms with Gasteiger partial charge >= 0.3 is 6.03 Å². The molecule has 0 spiro atoms. The van der Waals surface area contributed by atoms with Crippen molar-refractivity contribution in [3.05, 3.63) is 53.4 Å². The van der Waals surface area contributed by atoms with Crippen LogP contribution in [0.25, 0.3) is 6.08 Å². The van der Waals surface area contributed by atoms with Crippen molar-refractivity contribution in [3.8, 4) is 5.88 Å². The molecule has 2 aromatic rings. The van der Waals surface area contributed by atoms with Crippen LogP contribution in [0.15, 0.2) is 42.2 Å². The van der Waals surface area contributed by atoms with Gasteiger partial charge in [0.2, 0.25) is 5.88 Å². The number of piperidine rings is 1. The molecule has 29 heavy (non-hydrogen) atoms. The minimum Gasteiger partial charge on any atom is -0.480 e. The zero-order valence-electron chi connectivity index (χ0n) is 16.7. The normalized spacial score (nSPS) is 18.6. The lowest BCUT2D eigenvalue weighted by Crippen LogP contribution is -2.42. The van der Waals surface area contributed by atoms with Crippen LogP contribution in [0.5, 0.6) is 5.88 Å². The van der Waals surface area contributed by atoms with Crippen molar-refractivity contribution in [2.45, 2.75) is 26.2 Å². The molecule has 1 aromatic heterocycles. The number of urea groups is 1. The van der Waals surface area contributed by atoms with Crippen LogP contribution < -0.4 is 10.1 Å². The molecule has 1 fully saturated rings. The quantitative estimate of drug-likeness (QED) is 0.815. The van der Waals surface area contributed by atoms with E-state index in [4.69, 9.17) is 4.74 Å². The van der Waals surface area contributed by atoms with Gasteiger partial charge in [-0.25, -0.2) is 23.5 Å². The summed E-state index contributed by atoms with van der Waals surface area (Å²) in [5, 5.41) is 2.73. The predicted octanol–water partition coefficient (Wildman–Crippen LogP) is 4.55. The molecule has 1 saturated heterocycles. The van der Waals surface area contributed by atoms with Crippen LogP contribution in [0.3, 0.4) is 0 Å². The maximum atomic E-state index is 13.6. The Labute approximate surface area is 168 Å². The molecule has 154 valence electrons. The molecule has 1 aliphatic rings. The van der Waals surface area contributed by atoms with E-state index in [1.165, 1.54) is 31.6 Å². The number of nitrogens with zero attached hydrogens (tertiary/aromatic N) is 3. The molecule has 1 aromatic carbocycles. The number of halogens is 2. The zero-order valence-corrected chi connectivity index (χ0v) is 16.7. The molecule has 1 unspecified atom stereocenters. The number of likely N-dealkylation sites (tertiary alicyclic amines) is 1. The van der Waals surface area contributed by atoms with Gasteiger partial charge in [-0.3, -0.25) is 5.32 Å². The second kappa shape index (κ2) is 8.55. The van der Waals surface area contributed by atoms with Gasteiger partial charge in [0, 0.05) is 25.6 Å². The summed E-state index contributed by atoms with van der Waals surface area (Å²) in [5.74, 6) is -2.04. The maximum absolute atomic E-state index is 13.6. The molecule has 0 bridgehead atoms. The molecule has 3 rings (SSSR count). The summed E-state index contributed by atoms with van der Waals surface area (Å²) in [5.41, 5.74) is 1.88. The highest BCUT2D eigenvalue weighted by Crippen LogP contribution is 2.30. The van der Waals surface area contributed by atoms with Crippen molar-refractivity contribution >= 4 is 17.9 Å². The fourth-order valence-electron chi connectivity index (χ4n) is 3.24. The van der Waals surface area contributed by atoms with Crippen LogP contribution in [0, 0.1) is 5.92 Å². The van der Waals surface area contributed by atoms with Gasteiger partial charge in [0.1, 0.15) is 0 Å². The van der Waals surface area contributed by atoms with E-state index in [9.17, 15) is 13.6 Å². The van der Waals surface area contributed by atoms with Gasteiger partial charge < -0.3 is 9.64 Å². The first kappa shape index (κ1) is 20.7. The Bertz CT molecular complexity index is 894. The number of aromatic nitrogens is 2. The lowest BCUT2D eigenvalue weighted by atomic mass is 9.91. The van der Waals surface area contributed by atoms with E-state index in [-0.39, 0.29) is 17.5 Å². The van der Waals surface area contributed by atoms with Gasteiger partial charge in [-0.15, -0.1) is 0 Å². The number of carbonyl (C=O) groups is 1. The number of hydrogen-bond acceptors (Lipinski definition) is 4. The number of ether oxygens (including phenoxy) is 1. The number of alkyl halides is 2. The standard InChI is InChI=1S/C21H24F2N4O2/c1-14-13-27(20(28)26-18-11-25-19(29-3)12-24-18)8-7-16(14)9-15-5-4-6-17(10-15)21(2,22)23/h4-6,9-12,14H,7-8,13H2,1-3H3,(H,24,26,28)/b16-9+. The average molecular weight is 402 g/mol. The third-order valence-corrected chi connectivity index (χ3v) is 4.90. The zero-order chi connectivity index (χ0) is 21.0. The fourth-order valence-corrected chi connectivity index (χ4v) is 3.24. The Morgan fingerprint density at radius 1 is 1.34 bits per heavy atom. The Kier molecular flexibility index (Phi) is 6.10. The number of carbonyl (C=O) groups excluding carboxylic acids is 1. The first-order valence-corrected chi connectivity index (χ1v) is 9.37. The minimum absolute atomic E-state index is 0.00285. The monoisotopic (exact) mass is 402 g/mol. The number of hydrogen-bond donors (Lipinski definition) is 1. The summed E-state index contributed by atoms with van der Waals surface area (Å²) in [6, 6.07) is 6.16. The molecule has 0 saturated carbocycles. The Hall–Kier alpha value is -3.03. The van der Waals surface area contributed by atoms with Gasteiger partial charge in [-0.2, -0.15) is 0 Å². The highest BCUT2D eigenvalue weighted by Gasteiger charge is 2.26. The number of anilines is 1. The van der Waals surface area contributed by atoms with E-state index < -0.39 is 5.92 Å². The van der Waals surface area contributed by atoms with Gasteiger partial charge in [-0.1, -0.05) is 36.8 Å². The second-order valence-electron chi connectivity index (χ2n) is 7.20. The van der Waals surface area contributed by atoms with Crippen molar-refractivity contribution in [2.75, 3.05) is 25.5 Å². The largest absolute Gasteiger partial charge is 0.480 e. The Morgan fingerprint density at radius 2 is 2.14 bits per heavy atom. The smallest absolute Gasteiger partial charge is 0.323 e. The van der Waals surface area contributed by atoms with Gasteiger partial charge in [0.15, 0.2) is 5.82 Å². The summed E-state index contributed by atoms with van der Waals surface area (Å²) in [6.45, 7) is 3.99. The topological polar surface area (TPSA) is 67.3 Å². The van der Waals surface area contributed by atoms with E-state index in [0.29, 0.717) is 31.2 Å². The minimum atomic E-state index is -2.87. The molecule has 1 N–H and O–H groups in total. The fraction of sp³-hybridized carbons (Fsp3) is 0.381. The molecule has 8 heteroatoms. The molecule has 0 radical (unpaired) electrons. The summed E-state index contributed by atoms with van der Waals surface area (Å²) >= 11 is 0. The first-order valence-electron chi connectivity index (χ1n) is 9.37. The van der Waals surface area contributed by atoms with Gasteiger partial charge in [0.25, 0.3) is 5.92 Å². The molecule has 0 aliphatic carbocycles. The lowest BCUT2D eigenvalue weighted by molar-refractivity contribution is 0.0174. The average Bonchev–Trinajstić information content (AvgIpc) is 2.69. The van der Waals surface area contributed by atoms with E-state index >= 15 is 0 Å². The summed E-state index contributed by atoms with van der Waals surface area (Å²) in [7, 11) is 1.49. The summed E-state index contributed by atoms with van der Waals surface area (Å²) < 4.78 is 32.1. The van der Waals surface area contributed by atoms with Crippen molar-refractivity contribution in [1.29, 1.82) is 0 Å². The van der Waals surface area contributed by atoms with Crippen molar-refractivity contribution in [2.24, 2.45) is 5.92 Å². The number of benzene rings is 1. The van der Waals surface area contributed by atoms with Crippen molar-refractivity contribution in [3.63, 3.8) is 0 Å². The highest BCUT2D eigenvalue weighted by atomic mass is 19.3. The van der Waals surface area contributed by atoms with Crippen LogP contribution in [-0.4, -0.2) is 41.1 Å². The molecule has 1 atom stereocenters. The molecule has 6 nitrogen and oxygen atoms in total. The summed E-state index contributed by atoms with van der Waals surface area (Å²) in [4.78, 5) is 22.3. The third kappa shape index (κ3) is 5.28. The predicted molar refractivity (Wildman–Crippen MR) is 107 cm³/mol. The first-order chi connectivity index (χ1) is 13.8. The second-order valence-corrected chi connectivity index (χ2v) is 7.20. The van der Waals surface area contributed by atoms with Crippen LogP contribution in [0.1, 0.15) is 31.4 Å². The third-order valence-electron chi connectivity index (χ3n) is 4.90. The van der Waals surface area contributed by atoms with Crippen LogP contribution in [0.2, 0.25) is 0 Å².